The molecule has 2 saturated heterocycles. The van der Waals surface area contributed by atoms with Crippen LogP contribution in [0.2, 0.25) is 0 Å². The first-order chi connectivity index (χ1) is 18.8. The second-order valence-electron chi connectivity index (χ2n) is 10.9. The number of nitrogens with two attached hydrogens (primary N) is 1. The summed E-state index contributed by atoms with van der Waals surface area (Å²) in [5, 5.41) is 10.8. The van der Waals surface area contributed by atoms with Crippen molar-refractivity contribution >= 4 is 54.6 Å². The lowest BCUT2D eigenvalue weighted by Gasteiger charge is -2.47. The van der Waals surface area contributed by atoms with Crippen LogP contribution in [0.5, 0.6) is 0 Å². The summed E-state index contributed by atoms with van der Waals surface area (Å²) in [6, 6.07) is 11.2. The van der Waals surface area contributed by atoms with Crippen molar-refractivity contribution in [3.05, 3.63) is 35.9 Å². The summed E-state index contributed by atoms with van der Waals surface area (Å²) in [6.45, 7) is 6.40. The predicted octanol–water partition coefficient (Wildman–Crippen LogP) is 3.38. The van der Waals surface area contributed by atoms with Gasteiger partial charge in [0.1, 0.15) is 4.70 Å². The molecule has 3 aromatic rings. The molecule has 39 heavy (non-hydrogen) atoms. The molecule has 1 saturated carbocycles. The normalized spacial score (nSPS) is 23.7. The number of fused-ring (bicyclic) bond motifs is 1. The highest BCUT2D eigenvalue weighted by Crippen LogP contribution is 2.38. The van der Waals surface area contributed by atoms with Crippen LogP contribution in [0.4, 0.5) is 10.9 Å². The maximum atomic E-state index is 11.6. The fraction of sp³-hybridized carbons (Fsp3) is 0.577. The van der Waals surface area contributed by atoms with Gasteiger partial charge in [-0.1, -0.05) is 60.4 Å². The minimum Gasteiger partial charge on any atom is -0.366 e. The number of thioether (sulfide) groups is 1. The first-order valence-electron chi connectivity index (χ1n) is 13.7. The minimum atomic E-state index is -3.61. The van der Waals surface area contributed by atoms with E-state index in [9.17, 15) is 8.42 Å². The molecular weight excluding hydrogens is 553 g/mol. The van der Waals surface area contributed by atoms with Gasteiger partial charge in [-0.25, -0.2) is 15.1 Å². The third-order valence-electron chi connectivity index (χ3n) is 8.07. The van der Waals surface area contributed by atoms with Gasteiger partial charge in [0.15, 0.2) is 21.8 Å². The molecule has 3 aliphatic rings. The van der Waals surface area contributed by atoms with E-state index in [4.69, 9.17) is 20.1 Å². The van der Waals surface area contributed by atoms with Crippen molar-refractivity contribution in [2.75, 3.05) is 49.5 Å². The van der Waals surface area contributed by atoms with Gasteiger partial charge in [0.25, 0.3) is 10.2 Å². The molecule has 10 nitrogen and oxygen atoms in total. The van der Waals surface area contributed by atoms with Crippen LogP contribution >= 0.6 is 23.1 Å². The number of anilines is 2. The second-order valence-corrected chi connectivity index (χ2v) is 14.4. The molecule has 1 aliphatic carbocycles. The second kappa shape index (κ2) is 11.5. The van der Waals surface area contributed by atoms with Crippen LogP contribution in [0.25, 0.3) is 10.3 Å². The van der Waals surface area contributed by atoms with Gasteiger partial charge in [0, 0.05) is 57.1 Å². The topological polar surface area (TPSA) is 121 Å². The van der Waals surface area contributed by atoms with Crippen LogP contribution in [0, 0.1) is 5.92 Å². The molecule has 0 atom stereocenters. The lowest BCUT2D eigenvalue weighted by atomic mass is 9.87. The molecular formula is C26H36N8O2S3. The van der Waals surface area contributed by atoms with Gasteiger partial charge >= 0.3 is 0 Å². The predicted molar refractivity (Wildman–Crippen MR) is 159 cm³/mol. The van der Waals surface area contributed by atoms with Crippen molar-refractivity contribution in [3.63, 3.8) is 0 Å². The Labute approximate surface area is 238 Å². The fourth-order valence-electron chi connectivity index (χ4n) is 5.58. The monoisotopic (exact) mass is 588 g/mol. The number of thiazole rings is 1. The van der Waals surface area contributed by atoms with Crippen LogP contribution in [-0.4, -0.2) is 83.9 Å². The molecule has 0 radical (unpaired) electrons. The van der Waals surface area contributed by atoms with Crippen LogP contribution in [0.1, 0.15) is 38.2 Å². The number of hydrogen-bond acceptors (Lipinski definition) is 10. The van der Waals surface area contributed by atoms with Gasteiger partial charge in [0.2, 0.25) is 0 Å². The fourth-order valence-corrected chi connectivity index (χ4v) is 8.02. The van der Waals surface area contributed by atoms with Gasteiger partial charge in [-0.15, -0.1) is 0 Å². The number of nitrogens with one attached hydrogen (secondary N) is 1. The summed E-state index contributed by atoms with van der Waals surface area (Å²) in [6.07, 6.45) is 4.82. The van der Waals surface area contributed by atoms with Crippen molar-refractivity contribution in [1.82, 2.24) is 24.2 Å². The third-order valence-corrected chi connectivity index (χ3v) is 11.2. The number of nitrogens with zero attached hydrogens (tertiary/aromatic N) is 6. The van der Waals surface area contributed by atoms with E-state index < -0.39 is 10.2 Å². The molecule has 0 spiro atoms. The maximum absolute atomic E-state index is 11.6. The van der Waals surface area contributed by atoms with E-state index in [2.05, 4.69) is 46.3 Å². The summed E-state index contributed by atoms with van der Waals surface area (Å²) >= 11 is 3.32. The van der Waals surface area contributed by atoms with Crippen molar-refractivity contribution in [2.45, 2.75) is 55.6 Å². The van der Waals surface area contributed by atoms with Gasteiger partial charge in [-0.05, 0) is 37.2 Å². The number of rotatable bonds is 8. The molecule has 2 aliphatic heterocycles. The number of aromatic nitrogens is 3. The molecule has 0 unspecified atom stereocenters. The molecule has 0 bridgehead atoms. The van der Waals surface area contributed by atoms with Crippen LogP contribution < -0.4 is 15.4 Å². The largest absolute Gasteiger partial charge is 0.366 e. The van der Waals surface area contributed by atoms with Crippen molar-refractivity contribution in [2.24, 2.45) is 11.1 Å². The number of benzene rings is 1. The van der Waals surface area contributed by atoms with E-state index in [-0.39, 0.29) is 0 Å². The molecule has 0 amide bonds. The average Bonchev–Trinajstić information content (AvgIpc) is 3.32. The molecule has 2 aromatic heterocycles. The van der Waals surface area contributed by atoms with Crippen LogP contribution in [-0.2, 0) is 16.0 Å². The number of hydrogen-bond donors (Lipinski definition) is 2. The maximum Gasteiger partial charge on any atom is 0.276 e. The first-order valence-corrected chi connectivity index (χ1v) is 17.0. The molecule has 4 heterocycles. The van der Waals surface area contributed by atoms with Crippen LogP contribution in [0.3, 0.4) is 0 Å². The Morgan fingerprint density at radius 2 is 1.74 bits per heavy atom. The molecule has 1 aromatic carbocycles. The van der Waals surface area contributed by atoms with Gasteiger partial charge in [-0.2, -0.15) is 17.7 Å². The van der Waals surface area contributed by atoms with E-state index in [0.29, 0.717) is 38.3 Å². The average molecular weight is 589 g/mol. The third kappa shape index (κ3) is 6.33. The molecule has 13 heteroatoms. The Hall–Kier alpha value is -2.03. The highest BCUT2D eigenvalue weighted by atomic mass is 32.2. The first kappa shape index (κ1) is 27.2. The Morgan fingerprint density at radius 3 is 2.44 bits per heavy atom. The lowest BCUT2D eigenvalue weighted by molar-refractivity contribution is 0.117. The molecule has 3 N–H and O–H groups in total. The summed E-state index contributed by atoms with van der Waals surface area (Å²) in [5.41, 5.74) is 2.01. The Balaban J connectivity index is 1.16. The van der Waals surface area contributed by atoms with Crippen LogP contribution in [0.15, 0.2) is 35.5 Å². The summed E-state index contributed by atoms with van der Waals surface area (Å²) in [4.78, 5) is 19.5. The highest BCUT2D eigenvalue weighted by molar-refractivity contribution is 7.98. The molecule has 3 fully saturated rings. The summed E-state index contributed by atoms with van der Waals surface area (Å²) in [5.74, 6) is 2.52. The van der Waals surface area contributed by atoms with E-state index >= 15 is 0 Å². The van der Waals surface area contributed by atoms with Gasteiger partial charge in [0.05, 0.1) is 0 Å². The quantitative estimate of drug-likeness (QED) is 0.301. The zero-order valence-corrected chi connectivity index (χ0v) is 24.6. The van der Waals surface area contributed by atoms with E-state index in [1.165, 1.54) is 22.7 Å². The minimum absolute atomic E-state index is 0.393. The van der Waals surface area contributed by atoms with E-state index in [1.54, 1.807) is 23.1 Å². The zero-order valence-electron chi connectivity index (χ0n) is 22.2. The zero-order chi connectivity index (χ0) is 27.0. The molecule has 210 valence electrons. The van der Waals surface area contributed by atoms with Crippen molar-refractivity contribution in [3.8, 4) is 0 Å². The van der Waals surface area contributed by atoms with Gasteiger partial charge < -0.3 is 10.2 Å². The van der Waals surface area contributed by atoms with Gasteiger partial charge in [-0.3, -0.25) is 4.90 Å². The summed E-state index contributed by atoms with van der Waals surface area (Å²) < 4.78 is 25.6. The Morgan fingerprint density at radius 1 is 1.03 bits per heavy atom. The lowest BCUT2D eigenvalue weighted by Crippen LogP contribution is -2.63. The van der Waals surface area contributed by atoms with Crippen molar-refractivity contribution < 1.29 is 8.42 Å². The highest BCUT2D eigenvalue weighted by Gasteiger charge is 2.36. The SMILES string of the molecule is CC1CCC(Nc2nc(SCc3ccccc3)nc3nc(N4CC(N5CCN(S(N)(=O)=O)CC5)C4)sc23)CC1. The van der Waals surface area contributed by atoms with E-state index in [1.807, 2.05) is 6.07 Å². The number of piperazine rings is 1. The van der Waals surface area contributed by atoms with E-state index in [0.717, 1.165) is 64.1 Å². The van der Waals surface area contributed by atoms with Crippen molar-refractivity contribution in [1.29, 1.82) is 0 Å². The molecule has 6 rings (SSSR count). The Kier molecular flexibility index (Phi) is 7.98. The smallest absolute Gasteiger partial charge is 0.276 e. The summed E-state index contributed by atoms with van der Waals surface area (Å²) in [7, 11) is -3.61. The standard InChI is InChI=1S/C26H36N8O2S3/c1-18-7-9-20(10-8-18)28-23-22-24(30-25(29-23)37-17-19-5-3-2-4-6-19)31-26(38-22)33-15-21(16-33)32-11-13-34(14-12-32)39(27,35)36/h2-6,18,20-21H,7-17H2,1H3,(H2,27,35,36)(H,28,29,30). The Bertz CT molecular complexity index is 1380.